The van der Waals surface area contributed by atoms with Crippen LogP contribution in [0.4, 0.5) is 18.0 Å². The molecule has 0 N–H and O–H groups in total. The third kappa shape index (κ3) is 4.72. The summed E-state index contributed by atoms with van der Waals surface area (Å²) in [6.07, 6.45) is -0.713. The van der Waals surface area contributed by atoms with Crippen LogP contribution in [0.3, 0.4) is 0 Å². The predicted octanol–water partition coefficient (Wildman–Crippen LogP) is 3.32. The SMILES string of the molecule is CC(C)(F)C(C)(F)F.CC1OC(=O)OC1C. The van der Waals surface area contributed by atoms with Gasteiger partial charge in [-0.2, -0.15) is 0 Å². The molecule has 1 heterocycles. The van der Waals surface area contributed by atoms with Gasteiger partial charge < -0.3 is 9.47 Å². The van der Waals surface area contributed by atoms with Gasteiger partial charge in [0.15, 0.2) is 5.67 Å². The van der Waals surface area contributed by atoms with E-state index in [9.17, 15) is 18.0 Å². The highest BCUT2D eigenvalue weighted by Gasteiger charge is 2.42. The molecule has 3 nitrogen and oxygen atoms in total. The summed E-state index contributed by atoms with van der Waals surface area (Å²) >= 11 is 0. The second kappa shape index (κ2) is 4.93. The van der Waals surface area contributed by atoms with Crippen molar-refractivity contribution in [3.8, 4) is 0 Å². The first-order chi connectivity index (χ1) is 6.95. The second-order valence-corrected chi connectivity index (χ2v) is 4.26. The number of hydrogen-bond donors (Lipinski definition) is 0. The first-order valence-corrected chi connectivity index (χ1v) is 4.89. The molecule has 0 amide bonds. The van der Waals surface area contributed by atoms with Gasteiger partial charge in [-0.25, -0.2) is 18.0 Å². The second-order valence-electron chi connectivity index (χ2n) is 4.26. The molecule has 0 spiro atoms. The van der Waals surface area contributed by atoms with Crippen molar-refractivity contribution in [3.05, 3.63) is 0 Å². The Balaban J connectivity index is 0.000000281. The lowest BCUT2D eigenvalue weighted by Crippen LogP contribution is -2.35. The predicted molar refractivity (Wildman–Crippen MR) is 52.3 cm³/mol. The van der Waals surface area contributed by atoms with Gasteiger partial charge in [-0.15, -0.1) is 0 Å². The summed E-state index contributed by atoms with van der Waals surface area (Å²) in [5.74, 6) is -3.23. The summed E-state index contributed by atoms with van der Waals surface area (Å²) in [5.41, 5.74) is -2.40. The van der Waals surface area contributed by atoms with Crippen molar-refractivity contribution in [1.82, 2.24) is 0 Å². The molecule has 0 saturated carbocycles. The van der Waals surface area contributed by atoms with Gasteiger partial charge >= 0.3 is 6.16 Å². The maximum Gasteiger partial charge on any atom is 0.509 e. The zero-order valence-electron chi connectivity index (χ0n) is 10.0. The summed E-state index contributed by atoms with van der Waals surface area (Å²) in [5, 5.41) is 0. The van der Waals surface area contributed by atoms with Gasteiger partial charge in [0.1, 0.15) is 12.2 Å². The largest absolute Gasteiger partial charge is 0.509 e. The molecule has 2 unspecified atom stereocenters. The van der Waals surface area contributed by atoms with Crippen molar-refractivity contribution in [1.29, 1.82) is 0 Å². The average molecular weight is 242 g/mol. The molecule has 1 fully saturated rings. The standard InChI is InChI=1S/C5H9F3.C5H8O3/c1-4(2,6)5(3,7)8;1-3-4(2)8-5(6)7-3/h1-3H3;3-4H,1-2H3. The summed E-state index contributed by atoms with van der Waals surface area (Å²) < 4.78 is 45.1. The van der Waals surface area contributed by atoms with E-state index in [0.717, 1.165) is 13.8 Å². The highest BCUT2D eigenvalue weighted by molar-refractivity contribution is 5.62. The van der Waals surface area contributed by atoms with E-state index < -0.39 is 17.7 Å². The minimum absolute atomic E-state index is 0.0810. The van der Waals surface area contributed by atoms with Crippen molar-refractivity contribution >= 4 is 6.16 Å². The maximum absolute atomic E-state index is 12.1. The van der Waals surface area contributed by atoms with Crippen molar-refractivity contribution in [3.63, 3.8) is 0 Å². The van der Waals surface area contributed by atoms with Gasteiger partial charge in [-0.1, -0.05) is 0 Å². The molecule has 0 aliphatic carbocycles. The van der Waals surface area contributed by atoms with E-state index in [4.69, 9.17) is 0 Å². The van der Waals surface area contributed by atoms with Gasteiger partial charge in [-0.05, 0) is 27.7 Å². The molecule has 0 bridgehead atoms. The van der Waals surface area contributed by atoms with Crippen molar-refractivity contribution in [2.24, 2.45) is 0 Å². The fourth-order valence-electron chi connectivity index (χ4n) is 0.523. The number of halogens is 3. The Labute approximate surface area is 92.9 Å². The Bertz CT molecular complexity index is 219. The summed E-state index contributed by atoms with van der Waals surface area (Å²) in [4.78, 5) is 10.2. The van der Waals surface area contributed by atoms with Crippen molar-refractivity contribution in [2.45, 2.75) is 58.4 Å². The average Bonchev–Trinajstić information content (AvgIpc) is 2.26. The fourth-order valence-corrected chi connectivity index (χ4v) is 0.523. The molecule has 1 rings (SSSR count). The van der Waals surface area contributed by atoms with E-state index in [1.807, 2.05) is 0 Å². The van der Waals surface area contributed by atoms with Crippen LogP contribution in [0.15, 0.2) is 0 Å². The van der Waals surface area contributed by atoms with Gasteiger partial charge in [-0.3, -0.25) is 0 Å². The Morgan fingerprint density at radius 3 is 1.31 bits per heavy atom. The lowest BCUT2D eigenvalue weighted by atomic mass is 10.1. The molecule has 0 aromatic heterocycles. The number of carbonyl (C=O) groups is 1. The van der Waals surface area contributed by atoms with E-state index in [1.165, 1.54) is 0 Å². The molecule has 1 aliphatic rings. The number of cyclic esters (lactones) is 2. The first kappa shape index (κ1) is 15.1. The molecule has 1 saturated heterocycles. The smallest absolute Gasteiger partial charge is 0.427 e. The third-order valence-electron chi connectivity index (χ3n) is 2.27. The molecule has 96 valence electrons. The summed E-state index contributed by atoms with van der Waals surface area (Å²) in [6, 6.07) is 0. The van der Waals surface area contributed by atoms with Crippen LogP contribution in [0.5, 0.6) is 0 Å². The normalized spacial score (nSPS) is 25.4. The van der Waals surface area contributed by atoms with E-state index in [-0.39, 0.29) is 12.2 Å². The van der Waals surface area contributed by atoms with Crippen LogP contribution in [-0.4, -0.2) is 30.0 Å². The number of rotatable bonds is 1. The summed E-state index contributed by atoms with van der Waals surface area (Å²) in [7, 11) is 0. The van der Waals surface area contributed by atoms with E-state index >= 15 is 0 Å². The third-order valence-corrected chi connectivity index (χ3v) is 2.27. The van der Waals surface area contributed by atoms with E-state index in [2.05, 4.69) is 9.47 Å². The van der Waals surface area contributed by atoms with E-state index in [1.54, 1.807) is 13.8 Å². The highest BCUT2D eigenvalue weighted by Crippen LogP contribution is 2.30. The van der Waals surface area contributed by atoms with Gasteiger partial charge in [0.25, 0.3) is 5.92 Å². The first-order valence-electron chi connectivity index (χ1n) is 4.89. The molecule has 1 aliphatic heterocycles. The molecule has 0 aromatic carbocycles. The molecule has 16 heavy (non-hydrogen) atoms. The van der Waals surface area contributed by atoms with Gasteiger partial charge in [0.2, 0.25) is 0 Å². The number of alkyl halides is 3. The Kier molecular flexibility index (Phi) is 4.64. The zero-order chi connectivity index (χ0) is 13.1. The molecule has 0 radical (unpaired) electrons. The number of ether oxygens (including phenoxy) is 2. The Morgan fingerprint density at radius 1 is 1.00 bits per heavy atom. The Hall–Kier alpha value is -0.940. The van der Waals surface area contributed by atoms with Crippen LogP contribution in [-0.2, 0) is 9.47 Å². The minimum Gasteiger partial charge on any atom is -0.427 e. The number of carbonyl (C=O) groups excluding carboxylic acids is 1. The molecular formula is C10H17F3O3. The quantitative estimate of drug-likeness (QED) is 0.662. The van der Waals surface area contributed by atoms with E-state index in [0.29, 0.717) is 6.92 Å². The molecule has 6 heteroatoms. The van der Waals surface area contributed by atoms with Crippen LogP contribution >= 0.6 is 0 Å². The molecule has 2 atom stereocenters. The maximum atomic E-state index is 12.1. The molecular weight excluding hydrogens is 225 g/mol. The van der Waals surface area contributed by atoms with Crippen LogP contribution in [0.25, 0.3) is 0 Å². The number of hydrogen-bond acceptors (Lipinski definition) is 3. The highest BCUT2D eigenvalue weighted by atomic mass is 19.3. The van der Waals surface area contributed by atoms with Crippen molar-refractivity contribution < 1.29 is 27.4 Å². The topological polar surface area (TPSA) is 35.5 Å². The summed E-state index contributed by atoms with van der Waals surface area (Å²) in [6.45, 7) is 5.87. The lowest BCUT2D eigenvalue weighted by Gasteiger charge is -2.21. The van der Waals surface area contributed by atoms with Gasteiger partial charge in [0, 0.05) is 6.92 Å². The lowest BCUT2D eigenvalue weighted by molar-refractivity contribution is -0.104. The zero-order valence-corrected chi connectivity index (χ0v) is 10.0. The van der Waals surface area contributed by atoms with Gasteiger partial charge in [0.05, 0.1) is 0 Å². The van der Waals surface area contributed by atoms with Crippen LogP contribution in [0.2, 0.25) is 0 Å². The minimum atomic E-state index is -3.23. The van der Waals surface area contributed by atoms with Crippen LogP contribution in [0.1, 0.15) is 34.6 Å². The van der Waals surface area contributed by atoms with Crippen LogP contribution in [0, 0.1) is 0 Å². The Morgan fingerprint density at radius 2 is 1.25 bits per heavy atom. The van der Waals surface area contributed by atoms with Crippen LogP contribution < -0.4 is 0 Å². The van der Waals surface area contributed by atoms with Crippen molar-refractivity contribution in [2.75, 3.05) is 0 Å². The molecule has 0 aromatic rings. The fraction of sp³-hybridized carbons (Fsp3) is 0.900. The monoisotopic (exact) mass is 242 g/mol.